The van der Waals surface area contributed by atoms with Crippen LogP contribution in [0.1, 0.15) is 25.7 Å². The Morgan fingerprint density at radius 3 is 0.571 bits per heavy atom. The fourth-order valence-electron chi connectivity index (χ4n) is 1.92. The van der Waals surface area contributed by atoms with Crippen molar-refractivity contribution in [1.82, 2.24) is 0 Å². The molecule has 4 aliphatic rings. The summed E-state index contributed by atoms with van der Waals surface area (Å²) in [6.45, 7) is 1.51. The van der Waals surface area contributed by atoms with Crippen molar-refractivity contribution in [1.29, 1.82) is 0 Å². The maximum absolute atomic E-state index is 10.2. The average molecular weight is 489 g/mol. The molecule has 0 aromatic heterocycles. The predicted octanol–water partition coefficient (Wildman–Crippen LogP) is -1.05. The van der Waals surface area contributed by atoms with Crippen LogP contribution in [-0.2, 0) is 57.2 Å². The van der Waals surface area contributed by atoms with E-state index >= 15 is 0 Å². The fraction of sp³-hybridized carbons (Fsp3) is 1.00. The minimum Gasteiger partial charge on any atom is -0.270 e. The Hall–Kier alpha value is -0.360. The Bertz CT molecular complexity index is 686. The standard InChI is InChI=1S/4C3H6O3S/c4*4-7(5)3-1-2-6-7/h4*1-3H2. The smallest absolute Gasteiger partial charge is 0.267 e. The molecule has 0 unspecified atom stereocenters. The molecule has 4 fully saturated rings. The van der Waals surface area contributed by atoms with Crippen molar-refractivity contribution in [2.75, 3.05) is 49.4 Å². The molecule has 4 saturated heterocycles. The van der Waals surface area contributed by atoms with Gasteiger partial charge in [-0.05, 0) is 25.7 Å². The summed E-state index contributed by atoms with van der Waals surface area (Å²) >= 11 is 0. The molecular formula is C12H24O12S4. The maximum Gasteiger partial charge on any atom is 0.267 e. The van der Waals surface area contributed by atoms with Crippen molar-refractivity contribution in [3.63, 3.8) is 0 Å². The van der Waals surface area contributed by atoms with Crippen molar-refractivity contribution in [2.45, 2.75) is 25.7 Å². The van der Waals surface area contributed by atoms with Crippen molar-refractivity contribution >= 4 is 40.5 Å². The molecule has 0 aliphatic carbocycles. The first-order chi connectivity index (χ1) is 12.8. The van der Waals surface area contributed by atoms with E-state index in [1.54, 1.807) is 0 Å². The summed E-state index contributed by atoms with van der Waals surface area (Å²) in [4.78, 5) is 0. The van der Waals surface area contributed by atoms with Crippen molar-refractivity contribution in [3.8, 4) is 0 Å². The van der Waals surface area contributed by atoms with E-state index in [0.717, 1.165) is 0 Å². The highest BCUT2D eigenvalue weighted by Gasteiger charge is 2.18. The van der Waals surface area contributed by atoms with Gasteiger partial charge in [0.2, 0.25) is 0 Å². The Labute approximate surface area is 166 Å². The summed E-state index contributed by atoms with van der Waals surface area (Å²) in [6, 6.07) is 0. The van der Waals surface area contributed by atoms with E-state index in [4.69, 9.17) is 0 Å². The van der Waals surface area contributed by atoms with Gasteiger partial charge in [-0.2, -0.15) is 33.7 Å². The third kappa shape index (κ3) is 12.3. The van der Waals surface area contributed by atoms with E-state index < -0.39 is 40.5 Å². The molecule has 4 heterocycles. The zero-order chi connectivity index (χ0) is 21.3. The van der Waals surface area contributed by atoms with Crippen LogP contribution in [0.2, 0.25) is 0 Å². The Morgan fingerprint density at radius 2 is 0.536 bits per heavy atom. The second-order valence-electron chi connectivity index (χ2n) is 5.75. The average Bonchev–Trinajstić information content (AvgIpc) is 3.33. The van der Waals surface area contributed by atoms with Crippen molar-refractivity contribution < 1.29 is 50.4 Å². The largest absolute Gasteiger partial charge is 0.270 e. The normalized spacial score (nSPS) is 28.0. The molecule has 0 amide bonds. The Morgan fingerprint density at radius 1 is 0.357 bits per heavy atom. The van der Waals surface area contributed by atoms with Gasteiger partial charge in [-0.1, -0.05) is 0 Å². The zero-order valence-corrected chi connectivity index (χ0v) is 18.3. The Balaban J connectivity index is 0.000000187. The van der Waals surface area contributed by atoms with Crippen LogP contribution < -0.4 is 0 Å². The van der Waals surface area contributed by atoms with E-state index in [1.807, 2.05) is 0 Å². The van der Waals surface area contributed by atoms with Crippen molar-refractivity contribution in [2.24, 2.45) is 0 Å². The van der Waals surface area contributed by atoms with Crippen LogP contribution in [-0.4, -0.2) is 83.1 Å². The second kappa shape index (κ2) is 11.1. The minimum atomic E-state index is -3.05. The summed E-state index contributed by atoms with van der Waals surface area (Å²) in [5.41, 5.74) is 0. The molecule has 4 rings (SSSR count). The van der Waals surface area contributed by atoms with Crippen LogP contribution in [0.3, 0.4) is 0 Å². The van der Waals surface area contributed by atoms with Crippen LogP contribution >= 0.6 is 0 Å². The van der Waals surface area contributed by atoms with E-state index in [0.29, 0.717) is 52.1 Å². The molecule has 0 atom stereocenters. The van der Waals surface area contributed by atoms with Crippen LogP contribution in [0.4, 0.5) is 0 Å². The molecule has 0 bridgehead atoms. The lowest BCUT2D eigenvalue weighted by atomic mass is 10.5. The van der Waals surface area contributed by atoms with Gasteiger partial charge in [0.05, 0.1) is 49.4 Å². The molecule has 16 heteroatoms. The van der Waals surface area contributed by atoms with Gasteiger partial charge in [-0.3, -0.25) is 16.7 Å². The fourth-order valence-corrected chi connectivity index (χ4v) is 5.77. The van der Waals surface area contributed by atoms with Gasteiger partial charge in [0.25, 0.3) is 40.5 Å². The molecular weight excluding hydrogens is 464 g/mol. The summed E-state index contributed by atoms with van der Waals surface area (Å²) < 4.78 is 98.9. The summed E-state index contributed by atoms with van der Waals surface area (Å²) in [6.07, 6.45) is 2.62. The van der Waals surface area contributed by atoms with Gasteiger partial charge in [-0.25, -0.2) is 0 Å². The first-order valence-electron chi connectivity index (χ1n) is 8.31. The quantitative estimate of drug-likeness (QED) is 0.379. The number of rotatable bonds is 0. The predicted molar refractivity (Wildman–Crippen MR) is 97.4 cm³/mol. The summed E-state index contributed by atoms with van der Waals surface area (Å²) in [5.74, 6) is 0.806. The van der Waals surface area contributed by atoms with Crippen molar-refractivity contribution in [3.05, 3.63) is 0 Å². The molecule has 0 radical (unpaired) electrons. The van der Waals surface area contributed by atoms with Crippen LogP contribution in [0.15, 0.2) is 0 Å². The molecule has 12 nitrogen and oxygen atoms in total. The van der Waals surface area contributed by atoms with Gasteiger partial charge in [0, 0.05) is 0 Å². The maximum atomic E-state index is 10.2. The lowest BCUT2D eigenvalue weighted by molar-refractivity contribution is 0.353. The lowest BCUT2D eigenvalue weighted by Gasteiger charge is -1.83. The summed E-state index contributed by atoms with van der Waals surface area (Å²) in [7, 11) is -12.2. The minimum absolute atomic E-state index is 0.201. The molecule has 0 aromatic carbocycles. The molecule has 0 saturated carbocycles. The van der Waals surface area contributed by atoms with Gasteiger partial charge in [0.1, 0.15) is 0 Å². The Kier molecular flexibility index (Phi) is 10.2. The van der Waals surface area contributed by atoms with E-state index in [1.165, 1.54) is 0 Å². The van der Waals surface area contributed by atoms with Crippen LogP contribution in [0.5, 0.6) is 0 Å². The first kappa shape index (κ1) is 25.7. The van der Waals surface area contributed by atoms with Gasteiger partial charge >= 0.3 is 0 Å². The van der Waals surface area contributed by atoms with Crippen LogP contribution in [0, 0.1) is 0 Å². The topological polar surface area (TPSA) is 173 Å². The molecule has 0 aromatic rings. The SMILES string of the molecule is O=S1(=O)CCCO1.O=S1(=O)CCCO1.O=S1(=O)CCCO1.O=S1(=O)CCCO1. The van der Waals surface area contributed by atoms with Gasteiger partial charge < -0.3 is 0 Å². The van der Waals surface area contributed by atoms with Crippen LogP contribution in [0.25, 0.3) is 0 Å². The first-order valence-corrected chi connectivity index (χ1v) is 14.6. The molecule has 0 spiro atoms. The monoisotopic (exact) mass is 488 g/mol. The molecule has 0 N–H and O–H groups in total. The van der Waals surface area contributed by atoms with E-state index in [9.17, 15) is 33.7 Å². The number of hydrogen-bond donors (Lipinski definition) is 0. The molecule has 28 heavy (non-hydrogen) atoms. The lowest BCUT2D eigenvalue weighted by Crippen LogP contribution is -1.96. The van der Waals surface area contributed by atoms with Gasteiger partial charge in [-0.15, -0.1) is 0 Å². The number of hydrogen-bond acceptors (Lipinski definition) is 12. The highest BCUT2D eigenvalue weighted by molar-refractivity contribution is 7.87. The third-order valence-corrected chi connectivity index (χ3v) is 8.46. The summed E-state index contributed by atoms with van der Waals surface area (Å²) in [5, 5.41) is 0. The zero-order valence-electron chi connectivity index (χ0n) is 15.0. The van der Waals surface area contributed by atoms with Gasteiger partial charge in [0.15, 0.2) is 0 Å². The highest BCUT2D eigenvalue weighted by atomic mass is 32.2. The highest BCUT2D eigenvalue weighted by Crippen LogP contribution is 2.06. The van der Waals surface area contributed by atoms with E-state index in [-0.39, 0.29) is 23.0 Å². The molecule has 168 valence electrons. The van der Waals surface area contributed by atoms with E-state index in [2.05, 4.69) is 16.7 Å². The molecule has 4 aliphatic heterocycles. The second-order valence-corrected chi connectivity index (χ2v) is 12.8. The third-order valence-electron chi connectivity index (χ3n) is 3.21.